The number of aliphatic imine (C=N–C) groups is 1. The molecule has 0 amide bonds. The molecule has 0 radical (unpaired) electrons. The fourth-order valence-electron chi connectivity index (χ4n) is 1.08. The number of ether oxygens (including phenoxy) is 1. The van der Waals surface area contributed by atoms with Crippen molar-refractivity contribution in [1.82, 2.24) is 0 Å². The van der Waals surface area contributed by atoms with Crippen molar-refractivity contribution in [3.05, 3.63) is 59.0 Å². The summed E-state index contributed by atoms with van der Waals surface area (Å²) in [5.74, 6) is 0.474. The van der Waals surface area contributed by atoms with Gasteiger partial charge in [0, 0.05) is 11.1 Å². The van der Waals surface area contributed by atoms with E-state index in [4.69, 9.17) is 16.3 Å². The molecule has 0 aliphatic heterocycles. The Morgan fingerprint density at radius 2 is 1.89 bits per heavy atom. The first-order valence-electron chi connectivity index (χ1n) is 5.83. The molecule has 0 bridgehead atoms. The van der Waals surface area contributed by atoms with Crippen LogP contribution in [0.3, 0.4) is 0 Å². The van der Waals surface area contributed by atoms with Crippen molar-refractivity contribution in [3.63, 3.8) is 0 Å². The Labute approximate surface area is 115 Å². The third kappa shape index (κ3) is 6.92. The molecule has 0 aromatic heterocycles. The summed E-state index contributed by atoms with van der Waals surface area (Å²) in [6, 6.07) is 7.46. The zero-order valence-corrected chi connectivity index (χ0v) is 12.0. The van der Waals surface area contributed by atoms with E-state index in [1.807, 2.05) is 45.0 Å². The van der Waals surface area contributed by atoms with Gasteiger partial charge in [0.05, 0.1) is 0 Å². The summed E-state index contributed by atoms with van der Waals surface area (Å²) in [6.45, 7) is 13.5. The van der Waals surface area contributed by atoms with Gasteiger partial charge in [-0.05, 0) is 31.3 Å². The van der Waals surface area contributed by atoms with Gasteiger partial charge in [-0.2, -0.15) is 0 Å². The molecule has 0 unspecified atom stereocenters. The van der Waals surface area contributed by atoms with Crippen molar-refractivity contribution in [2.45, 2.75) is 27.4 Å². The first kappa shape index (κ1) is 16.5. The van der Waals surface area contributed by atoms with Crippen LogP contribution < -0.4 is 0 Å². The van der Waals surface area contributed by atoms with Crippen LogP contribution >= 0.6 is 11.6 Å². The van der Waals surface area contributed by atoms with Gasteiger partial charge in [0.1, 0.15) is 6.61 Å². The fourth-order valence-corrected chi connectivity index (χ4v) is 1.21. The molecule has 0 N–H and O–H groups in total. The van der Waals surface area contributed by atoms with E-state index in [1.165, 1.54) is 0 Å². The highest BCUT2D eigenvalue weighted by atomic mass is 35.5. The molecule has 0 atom stereocenters. The molecule has 98 valence electrons. The molecule has 1 aromatic carbocycles. The van der Waals surface area contributed by atoms with Gasteiger partial charge in [0.2, 0.25) is 5.88 Å². The summed E-state index contributed by atoms with van der Waals surface area (Å²) >= 11 is 5.78. The van der Waals surface area contributed by atoms with E-state index in [9.17, 15) is 0 Å². The number of allylic oxidation sites excluding steroid dienone is 2. The number of nitrogens with zero attached hydrogens (tertiary/aromatic N) is 1. The van der Waals surface area contributed by atoms with Crippen LogP contribution in [0.25, 0.3) is 0 Å². The first-order chi connectivity index (χ1) is 8.61. The molecule has 0 aliphatic carbocycles. The van der Waals surface area contributed by atoms with E-state index in [-0.39, 0.29) is 0 Å². The number of rotatable bonds is 5. The number of halogens is 1. The summed E-state index contributed by atoms with van der Waals surface area (Å²) in [5, 5.41) is 0.711. The maximum Gasteiger partial charge on any atom is 0.213 e. The molecule has 3 heteroatoms. The van der Waals surface area contributed by atoms with Crippen molar-refractivity contribution in [2.75, 3.05) is 0 Å². The van der Waals surface area contributed by atoms with Crippen molar-refractivity contribution in [1.29, 1.82) is 0 Å². The van der Waals surface area contributed by atoms with E-state index in [0.29, 0.717) is 17.5 Å². The van der Waals surface area contributed by atoms with Crippen LogP contribution in [0.1, 0.15) is 26.3 Å². The van der Waals surface area contributed by atoms with E-state index in [2.05, 4.69) is 18.3 Å². The quantitative estimate of drug-likeness (QED) is 0.417. The van der Waals surface area contributed by atoms with E-state index in [1.54, 1.807) is 6.08 Å². The molecular weight excluding hydrogens is 246 g/mol. The molecule has 18 heavy (non-hydrogen) atoms. The zero-order chi connectivity index (χ0) is 14.0. The Hall–Kier alpha value is -1.54. The maximum absolute atomic E-state index is 5.78. The minimum Gasteiger partial charge on any atom is -0.473 e. The van der Waals surface area contributed by atoms with Gasteiger partial charge in [-0.1, -0.05) is 49.7 Å². The molecule has 0 saturated carbocycles. The number of benzene rings is 1. The monoisotopic (exact) mass is 265 g/mol. The summed E-state index contributed by atoms with van der Waals surface area (Å²) in [7, 11) is 0. The third-order valence-electron chi connectivity index (χ3n) is 1.83. The Kier molecular flexibility index (Phi) is 8.67. The highest BCUT2D eigenvalue weighted by Crippen LogP contribution is 2.12. The summed E-state index contributed by atoms with van der Waals surface area (Å²) in [4.78, 5) is 3.76. The van der Waals surface area contributed by atoms with Gasteiger partial charge >= 0.3 is 0 Å². The van der Waals surface area contributed by atoms with Gasteiger partial charge in [0.15, 0.2) is 0 Å². The fraction of sp³-hybridized carbons (Fsp3) is 0.267. The third-order valence-corrected chi connectivity index (χ3v) is 2.08. The van der Waals surface area contributed by atoms with Crippen LogP contribution in [-0.2, 0) is 11.3 Å². The minimum absolute atomic E-state index is 0.440. The van der Waals surface area contributed by atoms with Crippen molar-refractivity contribution >= 4 is 18.3 Å². The van der Waals surface area contributed by atoms with Crippen molar-refractivity contribution < 1.29 is 4.74 Å². The standard InChI is InChI=1S/C13H14ClNO.C2H6/c1-10(2)8-13(15-3)16-9-11-4-6-12(14)7-5-11;1-2/h4-8H,1,3,9H2,2H3;1-2H3/b13-8+;. The second kappa shape index (κ2) is 9.49. The van der Waals surface area contributed by atoms with Crippen LogP contribution in [-0.4, -0.2) is 6.72 Å². The van der Waals surface area contributed by atoms with Gasteiger partial charge in [0.25, 0.3) is 0 Å². The van der Waals surface area contributed by atoms with Crippen LogP contribution in [0, 0.1) is 0 Å². The van der Waals surface area contributed by atoms with Crippen LogP contribution in [0.15, 0.2) is 53.4 Å². The van der Waals surface area contributed by atoms with Crippen molar-refractivity contribution in [3.8, 4) is 0 Å². The first-order valence-corrected chi connectivity index (χ1v) is 6.21. The molecule has 1 aromatic rings. The lowest BCUT2D eigenvalue weighted by Crippen LogP contribution is -1.91. The average molecular weight is 266 g/mol. The zero-order valence-electron chi connectivity index (χ0n) is 11.2. The minimum atomic E-state index is 0.440. The Morgan fingerprint density at radius 1 is 1.33 bits per heavy atom. The second-order valence-electron chi connectivity index (χ2n) is 3.40. The van der Waals surface area contributed by atoms with Crippen LogP contribution in [0.5, 0.6) is 0 Å². The van der Waals surface area contributed by atoms with E-state index < -0.39 is 0 Å². The summed E-state index contributed by atoms with van der Waals surface area (Å²) in [6.07, 6.45) is 1.74. The Morgan fingerprint density at radius 3 is 2.33 bits per heavy atom. The van der Waals surface area contributed by atoms with Crippen LogP contribution in [0.2, 0.25) is 5.02 Å². The molecule has 0 saturated heterocycles. The molecule has 0 aliphatic rings. The highest BCUT2D eigenvalue weighted by molar-refractivity contribution is 6.30. The second-order valence-corrected chi connectivity index (χ2v) is 3.84. The topological polar surface area (TPSA) is 21.6 Å². The lowest BCUT2D eigenvalue weighted by atomic mass is 10.2. The molecule has 0 fully saturated rings. The molecule has 1 rings (SSSR count). The summed E-state index contributed by atoms with van der Waals surface area (Å²) < 4.78 is 5.46. The normalized spacial score (nSPS) is 10.1. The average Bonchev–Trinajstić information content (AvgIpc) is 2.38. The molecule has 0 heterocycles. The lowest BCUT2D eigenvalue weighted by Gasteiger charge is -2.06. The van der Waals surface area contributed by atoms with Gasteiger partial charge in [-0.25, -0.2) is 4.99 Å². The van der Waals surface area contributed by atoms with E-state index in [0.717, 1.165) is 11.1 Å². The number of hydrogen-bond acceptors (Lipinski definition) is 2. The largest absolute Gasteiger partial charge is 0.473 e. The van der Waals surface area contributed by atoms with Crippen molar-refractivity contribution in [2.24, 2.45) is 4.99 Å². The predicted molar refractivity (Wildman–Crippen MR) is 80.0 cm³/mol. The lowest BCUT2D eigenvalue weighted by molar-refractivity contribution is 0.197. The number of hydrogen-bond donors (Lipinski definition) is 0. The Balaban J connectivity index is 0.00000137. The highest BCUT2D eigenvalue weighted by Gasteiger charge is 1.97. The van der Waals surface area contributed by atoms with Gasteiger partial charge in [-0.3, -0.25) is 0 Å². The molecule has 0 spiro atoms. The molecule has 2 nitrogen and oxygen atoms in total. The summed E-state index contributed by atoms with van der Waals surface area (Å²) in [5.41, 5.74) is 1.90. The maximum atomic E-state index is 5.78. The predicted octanol–water partition coefficient (Wildman–Crippen LogP) is 5.00. The smallest absolute Gasteiger partial charge is 0.213 e. The van der Waals surface area contributed by atoms with Gasteiger partial charge < -0.3 is 4.74 Å². The Bertz CT molecular complexity index is 407. The van der Waals surface area contributed by atoms with Crippen LogP contribution in [0.4, 0.5) is 0 Å². The molecular formula is C15H20ClNO. The van der Waals surface area contributed by atoms with Gasteiger partial charge in [-0.15, -0.1) is 0 Å². The SMILES string of the molecule is C=N/C(=C\C(=C)C)OCc1ccc(Cl)cc1.CC. The van der Waals surface area contributed by atoms with E-state index >= 15 is 0 Å².